The summed E-state index contributed by atoms with van der Waals surface area (Å²) in [6, 6.07) is 60.3. The first-order chi connectivity index (χ1) is 20.9. The fourth-order valence-electron chi connectivity index (χ4n) is 7.59. The predicted octanol–water partition coefficient (Wildman–Crippen LogP) is 10.7. The summed E-state index contributed by atoms with van der Waals surface area (Å²) in [7, 11) is 0. The lowest BCUT2D eigenvalue weighted by atomic mass is 9.67. The molecule has 0 saturated heterocycles. The number of fused-ring (bicyclic) bond motifs is 5. The van der Waals surface area contributed by atoms with E-state index in [1.54, 1.807) is 0 Å². The van der Waals surface area contributed by atoms with Crippen molar-refractivity contribution in [3.05, 3.63) is 186 Å². The predicted molar refractivity (Wildman–Crippen MR) is 175 cm³/mol. The molecule has 1 nitrogen and oxygen atoms in total. The van der Waals surface area contributed by atoms with Gasteiger partial charge in [-0.25, -0.2) is 0 Å². The third kappa shape index (κ3) is 3.03. The second-order valence-corrected chi connectivity index (χ2v) is 11.3. The highest BCUT2D eigenvalue weighted by Gasteiger charge is 2.47. The van der Waals surface area contributed by atoms with Gasteiger partial charge >= 0.3 is 0 Å². The van der Waals surface area contributed by atoms with E-state index in [9.17, 15) is 0 Å². The third-order valence-electron chi connectivity index (χ3n) is 9.24. The van der Waals surface area contributed by atoms with E-state index in [-0.39, 0.29) is 0 Å². The van der Waals surface area contributed by atoms with Crippen molar-refractivity contribution in [2.24, 2.45) is 0 Å². The van der Waals surface area contributed by atoms with E-state index in [1.807, 2.05) is 0 Å². The van der Waals surface area contributed by atoms with Crippen molar-refractivity contribution in [1.82, 2.24) is 0 Å². The SMILES string of the molecule is c1ccc(N2c3cc4c(cc3-c3cccc5cccc2c35)-c2ccccc2C4(c2ccccc2)c2ccccc2)cc1. The molecule has 0 spiro atoms. The van der Waals surface area contributed by atoms with Gasteiger partial charge in [-0.1, -0.05) is 133 Å². The first kappa shape index (κ1) is 23.3. The van der Waals surface area contributed by atoms with Gasteiger partial charge in [-0.15, -0.1) is 0 Å². The van der Waals surface area contributed by atoms with Crippen molar-refractivity contribution < 1.29 is 0 Å². The Kier molecular flexibility index (Phi) is 4.88. The van der Waals surface area contributed by atoms with Gasteiger partial charge in [0.25, 0.3) is 0 Å². The van der Waals surface area contributed by atoms with Crippen LogP contribution in [0.5, 0.6) is 0 Å². The Labute approximate surface area is 246 Å². The zero-order valence-corrected chi connectivity index (χ0v) is 23.0. The summed E-state index contributed by atoms with van der Waals surface area (Å²) in [5.74, 6) is 0. The van der Waals surface area contributed by atoms with Crippen molar-refractivity contribution in [1.29, 1.82) is 0 Å². The Bertz CT molecular complexity index is 2080. The van der Waals surface area contributed by atoms with Crippen LogP contribution in [0.15, 0.2) is 164 Å². The highest BCUT2D eigenvalue weighted by atomic mass is 15.2. The van der Waals surface area contributed by atoms with E-state index < -0.39 is 5.41 Å². The van der Waals surface area contributed by atoms with Crippen LogP contribution in [-0.4, -0.2) is 0 Å². The van der Waals surface area contributed by atoms with Crippen molar-refractivity contribution >= 4 is 27.8 Å². The molecular weight excluding hydrogens is 506 g/mol. The van der Waals surface area contributed by atoms with E-state index in [2.05, 4.69) is 169 Å². The highest BCUT2D eigenvalue weighted by molar-refractivity contribution is 6.14. The lowest BCUT2D eigenvalue weighted by molar-refractivity contribution is 0.768. The zero-order valence-electron chi connectivity index (χ0n) is 23.0. The molecule has 0 radical (unpaired) electrons. The first-order valence-electron chi connectivity index (χ1n) is 14.6. The van der Waals surface area contributed by atoms with Gasteiger partial charge in [0.05, 0.1) is 16.8 Å². The standard InChI is InChI=1S/C41H27N/c1-4-16-29(17-5-1)41(30-18-6-2-7-19-30)36-24-11-10-22-32(36)34-26-35-33-23-12-14-28-15-13-25-38(40(28)33)42(39(35)27-37(34)41)31-20-8-3-9-21-31/h1-27H. The van der Waals surface area contributed by atoms with Crippen molar-refractivity contribution in [3.8, 4) is 22.3 Å². The summed E-state index contributed by atoms with van der Waals surface area (Å²) >= 11 is 0. The summed E-state index contributed by atoms with van der Waals surface area (Å²) in [6.07, 6.45) is 0. The summed E-state index contributed by atoms with van der Waals surface area (Å²) < 4.78 is 0. The number of para-hydroxylation sites is 1. The Hall–Kier alpha value is -5.40. The van der Waals surface area contributed by atoms with Crippen LogP contribution in [-0.2, 0) is 5.41 Å². The van der Waals surface area contributed by atoms with Crippen LogP contribution in [0.25, 0.3) is 33.0 Å². The number of benzene rings is 7. The molecule has 7 aromatic rings. The molecule has 2 aliphatic rings. The van der Waals surface area contributed by atoms with Gasteiger partial charge in [-0.3, -0.25) is 0 Å². The molecule has 1 heterocycles. The van der Waals surface area contributed by atoms with Crippen LogP contribution < -0.4 is 4.90 Å². The third-order valence-corrected chi connectivity index (χ3v) is 9.24. The fraction of sp³-hybridized carbons (Fsp3) is 0.0244. The maximum atomic E-state index is 2.49. The van der Waals surface area contributed by atoms with E-state index in [0.29, 0.717) is 0 Å². The molecule has 42 heavy (non-hydrogen) atoms. The monoisotopic (exact) mass is 533 g/mol. The van der Waals surface area contributed by atoms with Crippen LogP contribution in [0.1, 0.15) is 22.3 Å². The molecule has 0 unspecified atom stereocenters. The summed E-state index contributed by atoms with van der Waals surface area (Å²) in [5.41, 5.74) is 13.6. The normalized spacial score (nSPS) is 13.9. The molecule has 0 aromatic heterocycles. The van der Waals surface area contributed by atoms with Gasteiger partial charge in [-0.05, 0) is 74.7 Å². The van der Waals surface area contributed by atoms with Crippen LogP contribution >= 0.6 is 0 Å². The van der Waals surface area contributed by atoms with Gasteiger partial charge in [0.2, 0.25) is 0 Å². The van der Waals surface area contributed by atoms with Gasteiger partial charge in [0, 0.05) is 16.6 Å². The number of hydrogen-bond acceptors (Lipinski definition) is 1. The highest BCUT2D eigenvalue weighted by Crippen LogP contribution is 2.60. The van der Waals surface area contributed by atoms with Crippen molar-refractivity contribution in [2.45, 2.75) is 5.41 Å². The maximum absolute atomic E-state index is 2.49. The molecule has 9 rings (SSSR count). The fourth-order valence-corrected chi connectivity index (χ4v) is 7.59. The summed E-state index contributed by atoms with van der Waals surface area (Å²) in [6.45, 7) is 0. The van der Waals surface area contributed by atoms with Gasteiger partial charge in [0.1, 0.15) is 0 Å². The largest absolute Gasteiger partial charge is 0.309 e. The summed E-state index contributed by atoms with van der Waals surface area (Å²) in [5, 5.41) is 2.57. The van der Waals surface area contributed by atoms with Crippen molar-refractivity contribution in [2.75, 3.05) is 4.90 Å². The minimum absolute atomic E-state index is 0.436. The van der Waals surface area contributed by atoms with Gasteiger partial charge in [0.15, 0.2) is 0 Å². The summed E-state index contributed by atoms with van der Waals surface area (Å²) in [4.78, 5) is 2.47. The molecule has 196 valence electrons. The minimum Gasteiger partial charge on any atom is -0.309 e. The average Bonchev–Trinajstić information content (AvgIpc) is 3.36. The topological polar surface area (TPSA) is 3.24 Å². The lowest BCUT2D eigenvalue weighted by Gasteiger charge is -2.37. The van der Waals surface area contributed by atoms with Crippen LogP contribution in [0.4, 0.5) is 17.1 Å². The number of rotatable bonds is 3. The van der Waals surface area contributed by atoms with Crippen LogP contribution in [0.3, 0.4) is 0 Å². The van der Waals surface area contributed by atoms with Crippen LogP contribution in [0, 0.1) is 0 Å². The Morgan fingerprint density at radius 1 is 0.381 bits per heavy atom. The minimum atomic E-state index is -0.436. The second-order valence-electron chi connectivity index (χ2n) is 11.3. The molecule has 1 aliphatic heterocycles. The molecule has 0 N–H and O–H groups in total. The quantitative estimate of drug-likeness (QED) is 0.218. The van der Waals surface area contributed by atoms with Gasteiger partial charge < -0.3 is 4.90 Å². The Morgan fingerprint density at radius 2 is 0.976 bits per heavy atom. The maximum Gasteiger partial charge on any atom is 0.0714 e. The van der Waals surface area contributed by atoms with Crippen molar-refractivity contribution in [3.63, 3.8) is 0 Å². The molecular formula is C41H27N. The second kappa shape index (κ2) is 8.80. The molecule has 1 heteroatoms. The smallest absolute Gasteiger partial charge is 0.0714 e. The Balaban J connectivity index is 1.45. The Morgan fingerprint density at radius 3 is 1.69 bits per heavy atom. The molecule has 7 aromatic carbocycles. The molecule has 0 amide bonds. The molecule has 1 aliphatic carbocycles. The van der Waals surface area contributed by atoms with E-state index in [1.165, 1.54) is 72.3 Å². The number of anilines is 3. The zero-order chi connectivity index (χ0) is 27.7. The van der Waals surface area contributed by atoms with Gasteiger partial charge in [-0.2, -0.15) is 0 Å². The van der Waals surface area contributed by atoms with Crippen LogP contribution in [0.2, 0.25) is 0 Å². The first-order valence-corrected chi connectivity index (χ1v) is 14.6. The van der Waals surface area contributed by atoms with E-state index >= 15 is 0 Å². The lowest BCUT2D eigenvalue weighted by Crippen LogP contribution is -2.29. The molecule has 0 saturated carbocycles. The molecule has 0 bridgehead atoms. The van der Waals surface area contributed by atoms with E-state index in [4.69, 9.17) is 0 Å². The molecule has 0 fully saturated rings. The molecule has 0 atom stereocenters. The average molecular weight is 534 g/mol. The van der Waals surface area contributed by atoms with E-state index in [0.717, 1.165) is 0 Å². The number of hydrogen-bond donors (Lipinski definition) is 0. The number of nitrogens with zero attached hydrogens (tertiary/aromatic N) is 1.